The summed E-state index contributed by atoms with van der Waals surface area (Å²) in [7, 11) is 0. The zero-order valence-electron chi connectivity index (χ0n) is 33.2. The summed E-state index contributed by atoms with van der Waals surface area (Å²) in [4.78, 5) is 0. The number of aliphatic hydroxyl groups excluding tert-OH is 8. The quantitative estimate of drug-likeness (QED) is 0.152. The van der Waals surface area contributed by atoms with Crippen molar-refractivity contribution in [1.82, 2.24) is 0 Å². The van der Waals surface area contributed by atoms with E-state index in [1.54, 1.807) is 0 Å². The molecule has 4 aliphatic carbocycles. The molecule has 2 aliphatic heterocycles. The number of hydrogen-bond donors (Lipinski definition) is 8. The fourth-order valence-electron chi connectivity index (χ4n) is 13.0. The summed E-state index contributed by atoms with van der Waals surface area (Å²) in [5.74, 6) is 0.470. The Kier molecular flexibility index (Phi) is 11.8. The summed E-state index contributed by atoms with van der Waals surface area (Å²) in [6.45, 7) is 17.0. The average Bonchev–Trinajstić information content (AvgIpc) is 3.61. The van der Waals surface area contributed by atoms with Crippen LogP contribution in [0.5, 0.6) is 0 Å². The summed E-state index contributed by atoms with van der Waals surface area (Å²) in [6.07, 6.45) is -3.70. The number of hydrogen-bond acceptors (Lipinski definition) is 12. The molecular formula is C41H70O12. The van der Waals surface area contributed by atoms with E-state index in [-0.39, 0.29) is 46.2 Å². The van der Waals surface area contributed by atoms with Gasteiger partial charge >= 0.3 is 0 Å². The molecule has 4 saturated carbocycles. The van der Waals surface area contributed by atoms with Gasteiger partial charge in [-0.3, -0.25) is 0 Å². The summed E-state index contributed by atoms with van der Waals surface area (Å²) in [5, 5.41) is 86.7. The fraction of sp³-hybridized carbons (Fsp3) is 0.951. The molecular weight excluding hydrogens is 684 g/mol. The monoisotopic (exact) mass is 754 g/mol. The average molecular weight is 755 g/mol. The van der Waals surface area contributed by atoms with Crippen molar-refractivity contribution in [3.8, 4) is 0 Å². The first-order valence-corrected chi connectivity index (χ1v) is 20.3. The second-order valence-electron chi connectivity index (χ2n) is 19.6. The van der Waals surface area contributed by atoms with Crippen LogP contribution in [0.25, 0.3) is 0 Å². The van der Waals surface area contributed by atoms with Gasteiger partial charge in [-0.2, -0.15) is 0 Å². The highest BCUT2D eigenvalue weighted by atomic mass is 16.7. The van der Waals surface area contributed by atoms with Crippen LogP contribution in [0.3, 0.4) is 0 Å². The molecule has 2 saturated heterocycles. The van der Waals surface area contributed by atoms with Crippen molar-refractivity contribution in [3.63, 3.8) is 0 Å². The first-order valence-electron chi connectivity index (χ1n) is 20.3. The normalized spacial score (nSPS) is 51.9. The zero-order chi connectivity index (χ0) is 39.1. The van der Waals surface area contributed by atoms with Gasteiger partial charge in [0.25, 0.3) is 0 Å². The Morgan fingerprint density at radius 3 is 2.02 bits per heavy atom. The minimum Gasteiger partial charge on any atom is -0.394 e. The molecule has 12 nitrogen and oxygen atoms in total. The molecule has 6 aliphatic rings. The van der Waals surface area contributed by atoms with Crippen molar-refractivity contribution in [2.75, 3.05) is 13.2 Å². The highest BCUT2D eigenvalue weighted by Gasteiger charge is 2.71. The molecule has 0 aromatic carbocycles. The van der Waals surface area contributed by atoms with Gasteiger partial charge in [-0.1, -0.05) is 46.3 Å². The Morgan fingerprint density at radius 1 is 0.755 bits per heavy atom. The fourth-order valence-corrected chi connectivity index (χ4v) is 13.0. The Bertz CT molecular complexity index is 1320. The van der Waals surface area contributed by atoms with Gasteiger partial charge in [0.1, 0.15) is 42.7 Å². The third-order valence-corrected chi connectivity index (χ3v) is 16.3. The summed E-state index contributed by atoms with van der Waals surface area (Å²) < 4.78 is 24.2. The van der Waals surface area contributed by atoms with Crippen molar-refractivity contribution in [3.05, 3.63) is 11.6 Å². The molecule has 306 valence electrons. The highest BCUT2D eigenvalue weighted by molar-refractivity contribution is 5.20. The lowest BCUT2D eigenvalue weighted by atomic mass is 9.35. The molecule has 0 radical (unpaired) electrons. The molecule has 1 unspecified atom stereocenters. The molecule has 8 N–H and O–H groups in total. The van der Waals surface area contributed by atoms with Gasteiger partial charge in [-0.05, 0) is 124 Å². The number of rotatable bonds is 10. The van der Waals surface area contributed by atoms with Crippen LogP contribution < -0.4 is 0 Å². The third-order valence-electron chi connectivity index (χ3n) is 16.3. The second kappa shape index (κ2) is 14.9. The van der Waals surface area contributed by atoms with Crippen LogP contribution in [0.15, 0.2) is 11.6 Å². The highest BCUT2D eigenvalue weighted by Crippen LogP contribution is 2.76. The van der Waals surface area contributed by atoms with Gasteiger partial charge in [0.05, 0.1) is 31.0 Å². The minimum absolute atomic E-state index is 0.00317. The van der Waals surface area contributed by atoms with Crippen LogP contribution in [0.2, 0.25) is 0 Å². The van der Waals surface area contributed by atoms with Crippen LogP contribution >= 0.6 is 0 Å². The summed E-state index contributed by atoms with van der Waals surface area (Å²) >= 11 is 0. The Labute approximate surface area is 315 Å². The molecule has 6 rings (SSSR count). The van der Waals surface area contributed by atoms with Crippen molar-refractivity contribution < 1.29 is 59.8 Å². The van der Waals surface area contributed by atoms with Crippen molar-refractivity contribution in [2.45, 2.75) is 186 Å². The summed E-state index contributed by atoms with van der Waals surface area (Å²) in [6, 6.07) is 0. The van der Waals surface area contributed by atoms with Crippen LogP contribution in [0.4, 0.5) is 0 Å². The van der Waals surface area contributed by atoms with Crippen molar-refractivity contribution in [1.29, 1.82) is 0 Å². The van der Waals surface area contributed by atoms with E-state index >= 15 is 0 Å². The maximum atomic E-state index is 12.4. The first kappa shape index (κ1) is 41.9. The molecule has 0 amide bonds. The number of allylic oxidation sites excluding steroid dienone is 2. The van der Waals surface area contributed by atoms with Crippen LogP contribution in [-0.2, 0) is 18.9 Å². The smallest absolute Gasteiger partial charge is 0.187 e. The van der Waals surface area contributed by atoms with Gasteiger partial charge in [0, 0.05) is 0 Å². The molecule has 0 spiro atoms. The maximum absolute atomic E-state index is 12.4. The van der Waals surface area contributed by atoms with E-state index in [0.717, 1.165) is 44.1 Å². The van der Waals surface area contributed by atoms with E-state index in [0.29, 0.717) is 31.1 Å². The SMILES string of the molecule is CC(C)=CCC[C@@](C)(O[C@@H]1O[C@H](CO[C@H]2O[C@H](CO)[C@@H](O)[C@@H]2O)[C@@H](O)[C@H](O)[C@H]1O)[C@H]1CC[C@]2(C)[C@@H]1[C@H](O)CC1[C@@]3(C)CC[C@H](O)C(C)(C)[C@@H]3CC[C@]12C. The molecule has 19 atom stereocenters. The number of aliphatic hydroxyl groups is 8. The van der Waals surface area contributed by atoms with Crippen LogP contribution in [0, 0.1) is 45.3 Å². The summed E-state index contributed by atoms with van der Waals surface area (Å²) in [5.41, 5.74) is -0.185. The Morgan fingerprint density at radius 2 is 1.38 bits per heavy atom. The zero-order valence-corrected chi connectivity index (χ0v) is 33.2. The predicted molar refractivity (Wildman–Crippen MR) is 195 cm³/mol. The van der Waals surface area contributed by atoms with Gasteiger partial charge < -0.3 is 59.8 Å². The molecule has 0 aromatic rings. The molecule has 6 fully saturated rings. The Balaban J connectivity index is 1.26. The minimum atomic E-state index is -1.63. The topological polar surface area (TPSA) is 199 Å². The van der Waals surface area contributed by atoms with Gasteiger partial charge in [0.15, 0.2) is 12.6 Å². The van der Waals surface area contributed by atoms with E-state index < -0.39 is 73.6 Å². The largest absolute Gasteiger partial charge is 0.394 e. The first-order chi connectivity index (χ1) is 24.7. The lowest BCUT2D eigenvalue weighted by Gasteiger charge is -2.70. The molecule has 0 aromatic heterocycles. The third kappa shape index (κ3) is 6.80. The molecule has 0 bridgehead atoms. The number of ether oxygens (including phenoxy) is 4. The lowest BCUT2D eigenvalue weighted by Crippen LogP contribution is -2.67. The van der Waals surface area contributed by atoms with Crippen molar-refractivity contribution >= 4 is 0 Å². The molecule has 12 heteroatoms. The van der Waals surface area contributed by atoms with E-state index in [9.17, 15) is 40.9 Å². The van der Waals surface area contributed by atoms with E-state index in [4.69, 9.17) is 18.9 Å². The maximum Gasteiger partial charge on any atom is 0.187 e. The Hall–Kier alpha value is -0.740. The predicted octanol–water partition coefficient (Wildman–Crippen LogP) is 2.79. The van der Waals surface area contributed by atoms with E-state index in [2.05, 4.69) is 40.7 Å². The lowest BCUT2D eigenvalue weighted by molar-refractivity contribution is -0.341. The van der Waals surface area contributed by atoms with Gasteiger partial charge in [-0.15, -0.1) is 0 Å². The van der Waals surface area contributed by atoms with Crippen molar-refractivity contribution in [2.24, 2.45) is 45.3 Å². The van der Waals surface area contributed by atoms with E-state index in [1.165, 1.54) is 0 Å². The van der Waals surface area contributed by atoms with E-state index in [1.807, 2.05) is 20.8 Å². The molecule has 53 heavy (non-hydrogen) atoms. The standard InChI is InChI=1S/C41H70O12/c1-21(2)10-9-14-41(8,53-36-34(49)32(47)31(46)25(52-36)20-50-35-33(48)30(45)24(19-42)51-35)22-11-16-40(7)29(22)23(43)18-27-38(5)15-13-28(44)37(3,4)26(38)12-17-39(27,40)6/h10,22-36,42-49H,9,11-20H2,1-8H3/t22-,23+,24+,25+,26-,27?,28-,29-,30+,31+,32-,33-,34+,35-,36-,38-,39+,40+,41+/m0/s1. The number of fused-ring (bicyclic) bond motifs is 5. The van der Waals surface area contributed by atoms with Crippen LogP contribution in [-0.4, -0.2) is 127 Å². The second-order valence-corrected chi connectivity index (χ2v) is 19.6. The molecule has 2 heterocycles. The van der Waals surface area contributed by atoms with Crippen LogP contribution in [0.1, 0.15) is 113 Å². The van der Waals surface area contributed by atoms with Gasteiger partial charge in [-0.25, -0.2) is 0 Å². The van der Waals surface area contributed by atoms with Gasteiger partial charge in [0.2, 0.25) is 0 Å².